The van der Waals surface area contributed by atoms with Crippen LogP contribution in [-0.4, -0.2) is 61.5 Å². The number of morpholine rings is 1. The molecule has 0 bridgehead atoms. The van der Waals surface area contributed by atoms with Crippen molar-refractivity contribution in [1.82, 2.24) is 10.2 Å². The molecule has 0 spiro atoms. The predicted octanol–water partition coefficient (Wildman–Crippen LogP) is -1.35. The summed E-state index contributed by atoms with van der Waals surface area (Å²) in [7, 11) is 0. The first kappa shape index (κ1) is 8.44. The molecule has 70 valence electrons. The zero-order valence-corrected chi connectivity index (χ0v) is 7.20. The van der Waals surface area contributed by atoms with Crippen LogP contribution in [0.4, 0.5) is 0 Å². The van der Waals surface area contributed by atoms with Crippen molar-refractivity contribution in [1.29, 1.82) is 0 Å². The Morgan fingerprint density at radius 3 is 2.58 bits per heavy atom. The van der Waals surface area contributed by atoms with Gasteiger partial charge in [0.2, 0.25) is 0 Å². The molecule has 4 heteroatoms. The van der Waals surface area contributed by atoms with Crippen LogP contribution in [-0.2, 0) is 4.74 Å². The predicted molar refractivity (Wildman–Crippen MR) is 45.1 cm³/mol. The first-order valence-corrected chi connectivity index (χ1v) is 4.58. The van der Waals surface area contributed by atoms with Crippen molar-refractivity contribution >= 4 is 0 Å². The van der Waals surface area contributed by atoms with E-state index < -0.39 is 0 Å². The fraction of sp³-hybridized carbons (Fsp3) is 1.00. The van der Waals surface area contributed by atoms with Crippen LogP contribution in [0, 0.1) is 0 Å². The Morgan fingerprint density at radius 1 is 1.25 bits per heavy atom. The minimum Gasteiger partial charge on any atom is -0.390 e. The highest BCUT2D eigenvalue weighted by Gasteiger charge is 2.30. The van der Waals surface area contributed by atoms with Crippen LogP contribution < -0.4 is 5.32 Å². The van der Waals surface area contributed by atoms with Gasteiger partial charge in [-0.1, -0.05) is 0 Å². The molecule has 2 atom stereocenters. The van der Waals surface area contributed by atoms with Gasteiger partial charge in [0.25, 0.3) is 0 Å². The molecule has 2 N–H and O–H groups in total. The van der Waals surface area contributed by atoms with Gasteiger partial charge in [-0.05, 0) is 0 Å². The highest BCUT2D eigenvalue weighted by atomic mass is 16.5. The maximum absolute atomic E-state index is 9.60. The lowest BCUT2D eigenvalue weighted by molar-refractivity contribution is -0.00592. The lowest BCUT2D eigenvalue weighted by Gasteiger charge is -2.33. The molecule has 0 radical (unpaired) electrons. The molecular weight excluding hydrogens is 156 g/mol. The van der Waals surface area contributed by atoms with Gasteiger partial charge >= 0.3 is 0 Å². The fourth-order valence-corrected chi connectivity index (χ4v) is 1.93. The molecule has 2 rings (SSSR count). The van der Waals surface area contributed by atoms with Gasteiger partial charge in [0.1, 0.15) is 0 Å². The molecule has 0 aromatic rings. The average Bonchev–Trinajstić information content (AvgIpc) is 2.53. The molecule has 12 heavy (non-hydrogen) atoms. The summed E-state index contributed by atoms with van der Waals surface area (Å²) < 4.78 is 5.25. The van der Waals surface area contributed by atoms with Crippen molar-refractivity contribution in [2.45, 2.75) is 12.1 Å². The van der Waals surface area contributed by atoms with E-state index in [0.717, 1.165) is 39.4 Å². The smallest absolute Gasteiger partial charge is 0.0831 e. The largest absolute Gasteiger partial charge is 0.390 e. The Labute approximate surface area is 72.5 Å². The summed E-state index contributed by atoms with van der Waals surface area (Å²) in [5.41, 5.74) is 0. The Kier molecular flexibility index (Phi) is 2.60. The number of hydrogen-bond acceptors (Lipinski definition) is 4. The van der Waals surface area contributed by atoms with E-state index in [4.69, 9.17) is 4.74 Å². The topological polar surface area (TPSA) is 44.7 Å². The summed E-state index contributed by atoms with van der Waals surface area (Å²) in [5, 5.41) is 12.8. The summed E-state index contributed by atoms with van der Waals surface area (Å²) in [6, 6.07) is 0.314. The second kappa shape index (κ2) is 3.70. The van der Waals surface area contributed by atoms with Crippen LogP contribution in [0.5, 0.6) is 0 Å². The van der Waals surface area contributed by atoms with Gasteiger partial charge in [0, 0.05) is 32.2 Å². The van der Waals surface area contributed by atoms with Crippen LogP contribution in [0.3, 0.4) is 0 Å². The van der Waals surface area contributed by atoms with Crippen molar-refractivity contribution < 1.29 is 9.84 Å². The van der Waals surface area contributed by atoms with E-state index in [9.17, 15) is 5.11 Å². The van der Waals surface area contributed by atoms with E-state index in [1.54, 1.807) is 0 Å². The molecule has 2 aliphatic heterocycles. The van der Waals surface area contributed by atoms with Gasteiger partial charge in [0.05, 0.1) is 19.3 Å². The summed E-state index contributed by atoms with van der Waals surface area (Å²) in [6.45, 7) is 5.20. The van der Waals surface area contributed by atoms with Crippen LogP contribution in [0.25, 0.3) is 0 Å². The van der Waals surface area contributed by atoms with Gasteiger partial charge < -0.3 is 15.2 Å². The van der Waals surface area contributed by atoms with E-state index in [1.165, 1.54) is 0 Å². The minimum absolute atomic E-state index is 0.192. The standard InChI is InChI=1S/C8H16N2O2/c11-8-6-9-5-7(8)10-1-3-12-4-2-10/h7-9,11H,1-6H2. The molecular formula is C8H16N2O2. The van der Waals surface area contributed by atoms with Gasteiger partial charge in [-0.25, -0.2) is 0 Å². The molecule has 2 unspecified atom stereocenters. The lowest BCUT2D eigenvalue weighted by atomic mass is 10.2. The van der Waals surface area contributed by atoms with Crippen LogP contribution in [0.1, 0.15) is 0 Å². The maximum Gasteiger partial charge on any atom is 0.0831 e. The second-order valence-corrected chi connectivity index (χ2v) is 3.44. The summed E-state index contributed by atoms with van der Waals surface area (Å²) in [6.07, 6.45) is -0.192. The highest BCUT2D eigenvalue weighted by Crippen LogP contribution is 2.10. The first-order chi connectivity index (χ1) is 5.88. The van der Waals surface area contributed by atoms with Crippen molar-refractivity contribution in [3.8, 4) is 0 Å². The second-order valence-electron chi connectivity index (χ2n) is 3.44. The molecule has 0 amide bonds. The molecule has 0 aliphatic carbocycles. The number of nitrogens with zero attached hydrogens (tertiary/aromatic N) is 1. The van der Waals surface area contributed by atoms with E-state index >= 15 is 0 Å². The number of hydrogen-bond donors (Lipinski definition) is 2. The van der Waals surface area contributed by atoms with Crippen LogP contribution >= 0.6 is 0 Å². The number of aliphatic hydroxyl groups is 1. The third-order valence-corrected chi connectivity index (χ3v) is 2.67. The van der Waals surface area contributed by atoms with E-state index in [0.29, 0.717) is 6.04 Å². The number of rotatable bonds is 1. The van der Waals surface area contributed by atoms with Crippen molar-refractivity contribution in [2.75, 3.05) is 39.4 Å². The minimum atomic E-state index is -0.192. The molecule has 2 saturated heterocycles. The van der Waals surface area contributed by atoms with Gasteiger partial charge in [-0.2, -0.15) is 0 Å². The Bertz CT molecular complexity index is 148. The molecule has 0 aromatic carbocycles. The van der Waals surface area contributed by atoms with Crippen molar-refractivity contribution in [3.05, 3.63) is 0 Å². The van der Waals surface area contributed by atoms with Gasteiger partial charge in [-0.15, -0.1) is 0 Å². The Morgan fingerprint density at radius 2 is 2.00 bits per heavy atom. The molecule has 0 saturated carbocycles. The lowest BCUT2D eigenvalue weighted by Crippen LogP contribution is -2.48. The van der Waals surface area contributed by atoms with E-state index in [2.05, 4.69) is 10.2 Å². The Hall–Kier alpha value is -0.160. The van der Waals surface area contributed by atoms with Crippen molar-refractivity contribution in [3.63, 3.8) is 0 Å². The molecule has 0 aromatic heterocycles. The van der Waals surface area contributed by atoms with Gasteiger partial charge in [-0.3, -0.25) is 4.90 Å². The number of aliphatic hydroxyl groups excluding tert-OH is 1. The average molecular weight is 172 g/mol. The Balaban J connectivity index is 1.89. The normalized spacial score (nSPS) is 38.8. The molecule has 2 fully saturated rings. The van der Waals surface area contributed by atoms with Crippen LogP contribution in [0.15, 0.2) is 0 Å². The summed E-state index contributed by atoms with van der Waals surface area (Å²) in [5.74, 6) is 0. The fourth-order valence-electron chi connectivity index (χ4n) is 1.93. The zero-order chi connectivity index (χ0) is 8.39. The number of ether oxygens (including phenoxy) is 1. The molecule has 2 aliphatic rings. The molecule has 2 heterocycles. The number of nitrogens with one attached hydrogen (secondary N) is 1. The highest BCUT2D eigenvalue weighted by molar-refractivity contribution is 4.89. The molecule has 4 nitrogen and oxygen atoms in total. The zero-order valence-electron chi connectivity index (χ0n) is 7.20. The number of β-amino-alcohol motifs (C(OH)–C–C–N with tert-alkyl or cyclic N) is 1. The monoisotopic (exact) mass is 172 g/mol. The van der Waals surface area contributed by atoms with E-state index in [1.807, 2.05) is 0 Å². The summed E-state index contributed by atoms with van der Waals surface area (Å²) >= 11 is 0. The quantitative estimate of drug-likeness (QED) is 0.513. The van der Waals surface area contributed by atoms with E-state index in [-0.39, 0.29) is 6.10 Å². The maximum atomic E-state index is 9.60. The first-order valence-electron chi connectivity index (χ1n) is 4.58. The van der Waals surface area contributed by atoms with Gasteiger partial charge in [0.15, 0.2) is 0 Å². The summed E-state index contributed by atoms with van der Waals surface area (Å²) in [4.78, 5) is 2.31. The third kappa shape index (κ3) is 1.61. The SMILES string of the molecule is OC1CNCC1N1CCOCC1. The van der Waals surface area contributed by atoms with Crippen LogP contribution in [0.2, 0.25) is 0 Å². The third-order valence-electron chi connectivity index (χ3n) is 2.67. The van der Waals surface area contributed by atoms with Crippen molar-refractivity contribution in [2.24, 2.45) is 0 Å².